The molecule has 7 heteroatoms. The van der Waals surface area contributed by atoms with Crippen molar-refractivity contribution >= 4 is 17.5 Å². The fraction of sp³-hybridized carbons (Fsp3) is 0.263. The molecule has 1 atom stereocenters. The topological polar surface area (TPSA) is 67.9 Å². The Kier molecular flexibility index (Phi) is 5.36. The van der Waals surface area contributed by atoms with E-state index in [-0.39, 0.29) is 36.7 Å². The normalized spacial score (nSPS) is 16.5. The van der Waals surface area contributed by atoms with Crippen molar-refractivity contribution in [2.45, 2.75) is 12.5 Å². The second kappa shape index (κ2) is 7.86. The molecule has 1 aliphatic heterocycles. The van der Waals surface area contributed by atoms with Crippen molar-refractivity contribution in [3.63, 3.8) is 0 Å². The summed E-state index contributed by atoms with van der Waals surface area (Å²) in [4.78, 5) is 25.7. The Hall–Kier alpha value is -3.09. The van der Waals surface area contributed by atoms with Crippen molar-refractivity contribution in [1.29, 1.82) is 0 Å². The molecule has 3 rings (SSSR count). The number of nitrogens with zero attached hydrogens (tertiary/aromatic N) is 1. The SMILES string of the molecule is COc1cccc(OCC(=O)N[C@H]2CC(=O)N(c3ccc(F)cc3)C2)c1. The third-order valence-corrected chi connectivity index (χ3v) is 4.04. The predicted octanol–water partition coefficient (Wildman–Crippen LogP) is 2.13. The van der Waals surface area contributed by atoms with Gasteiger partial charge in [0.05, 0.1) is 13.2 Å². The number of anilines is 1. The third kappa shape index (κ3) is 4.30. The van der Waals surface area contributed by atoms with Crippen molar-refractivity contribution in [3.05, 3.63) is 54.3 Å². The number of methoxy groups -OCH3 is 1. The largest absolute Gasteiger partial charge is 0.497 e. The van der Waals surface area contributed by atoms with Crippen LogP contribution in [0.4, 0.5) is 10.1 Å². The van der Waals surface area contributed by atoms with E-state index in [1.165, 1.54) is 17.0 Å². The molecule has 1 saturated heterocycles. The molecule has 0 bridgehead atoms. The number of carbonyl (C=O) groups is 2. The van der Waals surface area contributed by atoms with E-state index >= 15 is 0 Å². The highest BCUT2D eigenvalue weighted by Gasteiger charge is 2.31. The zero-order valence-corrected chi connectivity index (χ0v) is 14.3. The van der Waals surface area contributed by atoms with Gasteiger partial charge in [0.2, 0.25) is 5.91 Å². The van der Waals surface area contributed by atoms with E-state index in [9.17, 15) is 14.0 Å². The van der Waals surface area contributed by atoms with E-state index in [2.05, 4.69) is 5.32 Å². The number of benzene rings is 2. The number of rotatable bonds is 6. The van der Waals surface area contributed by atoms with Gasteiger partial charge in [0.15, 0.2) is 6.61 Å². The first-order chi connectivity index (χ1) is 12.5. The Bertz CT molecular complexity index is 794. The fourth-order valence-corrected chi connectivity index (χ4v) is 2.78. The Morgan fingerprint density at radius 2 is 1.96 bits per heavy atom. The highest BCUT2D eigenvalue weighted by Crippen LogP contribution is 2.22. The lowest BCUT2D eigenvalue weighted by molar-refractivity contribution is -0.123. The van der Waals surface area contributed by atoms with Crippen LogP contribution >= 0.6 is 0 Å². The highest BCUT2D eigenvalue weighted by atomic mass is 19.1. The first kappa shape index (κ1) is 17.7. The van der Waals surface area contributed by atoms with Crippen molar-refractivity contribution in [2.75, 3.05) is 25.2 Å². The van der Waals surface area contributed by atoms with Gasteiger partial charge in [0, 0.05) is 24.7 Å². The lowest BCUT2D eigenvalue weighted by atomic mass is 10.2. The molecular formula is C19H19FN2O4. The van der Waals surface area contributed by atoms with E-state index in [0.717, 1.165) is 0 Å². The predicted molar refractivity (Wildman–Crippen MR) is 93.8 cm³/mol. The lowest BCUT2D eigenvalue weighted by Gasteiger charge is -2.17. The van der Waals surface area contributed by atoms with Crippen LogP contribution in [0.2, 0.25) is 0 Å². The molecule has 2 aromatic carbocycles. The van der Waals surface area contributed by atoms with Gasteiger partial charge in [-0.05, 0) is 36.4 Å². The first-order valence-electron chi connectivity index (χ1n) is 8.17. The molecule has 26 heavy (non-hydrogen) atoms. The van der Waals surface area contributed by atoms with Gasteiger partial charge in [0.1, 0.15) is 17.3 Å². The molecule has 1 aliphatic rings. The summed E-state index contributed by atoms with van der Waals surface area (Å²) < 4.78 is 23.5. The first-order valence-corrected chi connectivity index (χ1v) is 8.17. The molecule has 0 saturated carbocycles. The lowest BCUT2D eigenvalue weighted by Crippen LogP contribution is -2.39. The van der Waals surface area contributed by atoms with E-state index in [1.54, 1.807) is 43.5 Å². The molecule has 0 aromatic heterocycles. The van der Waals surface area contributed by atoms with Crippen LogP contribution in [0.5, 0.6) is 11.5 Å². The summed E-state index contributed by atoms with van der Waals surface area (Å²) >= 11 is 0. The van der Waals surface area contributed by atoms with Gasteiger partial charge < -0.3 is 19.7 Å². The average Bonchev–Trinajstić information content (AvgIpc) is 3.01. The van der Waals surface area contributed by atoms with Crippen LogP contribution in [-0.4, -0.2) is 38.1 Å². The van der Waals surface area contributed by atoms with E-state index in [1.807, 2.05) is 0 Å². The maximum Gasteiger partial charge on any atom is 0.258 e. The molecule has 0 aliphatic carbocycles. The minimum atomic E-state index is -0.361. The summed E-state index contributed by atoms with van der Waals surface area (Å²) in [6.07, 6.45) is 0.197. The molecule has 0 unspecified atom stereocenters. The van der Waals surface area contributed by atoms with Gasteiger partial charge >= 0.3 is 0 Å². The van der Waals surface area contributed by atoms with Gasteiger partial charge in [0.25, 0.3) is 5.91 Å². The van der Waals surface area contributed by atoms with Crippen LogP contribution in [0.1, 0.15) is 6.42 Å². The number of carbonyl (C=O) groups excluding carboxylic acids is 2. The molecule has 2 amide bonds. The standard InChI is InChI=1S/C19H19FN2O4/c1-25-16-3-2-4-17(10-16)26-12-18(23)21-14-9-19(24)22(11-14)15-7-5-13(20)6-8-15/h2-8,10,14H,9,11-12H2,1H3,(H,21,23)/t14-/m0/s1. The van der Waals surface area contributed by atoms with Crippen molar-refractivity contribution < 1.29 is 23.5 Å². The van der Waals surface area contributed by atoms with E-state index < -0.39 is 0 Å². The van der Waals surface area contributed by atoms with Gasteiger partial charge in [-0.15, -0.1) is 0 Å². The zero-order chi connectivity index (χ0) is 18.5. The molecule has 1 heterocycles. The summed E-state index contributed by atoms with van der Waals surface area (Å²) in [5.74, 6) is 0.372. The summed E-state index contributed by atoms with van der Waals surface area (Å²) in [6, 6.07) is 12.3. The summed E-state index contributed by atoms with van der Waals surface area (Å²) in [5, 5.41) is 2.79. The Morgan fingerprint density at radius 1 is 1.23 bits per heavy atom. The van der Waals surface area contributed by atoms with Crippen molar-refractivity contribution in [3.8, 4) is 11.5 Å². The van der Waals surface area contributed by atoms with Crippen LogP contribution < -0.4 is 19.7 Å². The number of amides is 2. The smallest absolute Gasteiger partial charge is 0.258 e. The second-order valence-electron chi connectivity index (χ2n) is 5.92. The molecule has 0 spiro atoms. The quantitative estimate of drug-likeness (QED) is 0.859. The number of ether oxygens (including phenoxy) is 2. The Labute approximate surface area is 150 Å². The van der Waals surface area contributed by atoms with Gasteiger partial charge in [-0.3, -0.25) is 9.59 Å². The van der Waals surface area contributed by atoms with Crippen LogP contribution in [0, 0.1) is 5.82 Å². The monoisotopic (exact) mass is 358 g/mol. The van der Waals surface area contributed by atoms with Crippen LogP contribution in [0.25, 0.3) is 0 Å². The molecule has 1 N–H and O–H groups in total. The number of nitrogens with one attached hydrogen (secondary N) is 1. The third-order valence-electron chi connectivity index (χ3n) is 4.04. The minimum Gasteiger partial charge on any atom is -0.497 e. The summed E-state index contributed by atoms with van der Waals surface area (Å²) in [6.45, 7) is 0.184. The van der Waals surface area contributed by atoms with Crippen molar-refractivity contribution in [1.82, 2.24) is 5.32 Å². The van der Waals surface area contributed by atoms with Gasteiger partial charge in [-0.2, -0.15) is 0 Å². The van der Waals surface area contributed by atoms with Crippen LogP contribution in [0.15, 0.2) is 48.5 Å². The minimum absolute atomic E-state index is 0.115. The molecule has 2 aromatic rings. The number of halogens is 1. The molecule has 136 valence electrons. The molecule has 1 fully saturated rings. The summed E-state index contributed by atoms with van der Waals surface area (Å²) in [5.41, 5.74) is 0.612. The van der Waals surface area contributed by atoms with Crippen LogP contribution in [-0.2, 0) is 9.59 Å². The Balaban J connectivity index is 1.51. The molecule has 6 nitrogen and oxygen atoms in total. The maximum absolute atomic E-state index is 13.0. The molecule has 0 radical (unpaired) electrons. The fourth-order valence-electron chi connectivity index (χ4n) is 2.78. The highest BCUT2D eigenvalue weighted by molar-refractivity contribution is 5.96. The number of hydrogen-bond acceptors (Lipinski definition) is 4. The van der Waals surface area contributed by atoms with Crippen LogP contribution in [0.3, 0.4) is 0 Å². The zero-order valence-electron chi connectivity index (χ0n) is 14.3. The van der Waals surface area contributed by atoms with Crippen molar-refractivity contribution in [2.24, 2.45) is 0 Å². The van der Waals surface area contributed by atoms with Gasteiger partial charge in [-0.25, -0.2) is 4.39 Å². The number of hydrogen-bond donors (Lipinski definition) is 1. The van der Waals surface area contributed by atoms with E-state index in [4.69, 9.17) is 9.47 Å². The average molecular weight is 358 g/mol. The van der Waals surface area contributed by atoms with E-state index in [0.29, 0.717) is 23.7 Å². The summed E-state index contributed by atoms with van der Waals surface area (Å²) in [7, 11) is 1.55. The maximum atomic E-state index is 13.0. The Morgan fingerprint density at radius 3 is 2.69 bits per heavy atom. The second-order valence-corrected chi connectivity index (χ2v) is 5.92. The van der Waals surface area contributed by atoms with Gasteiger partial charge in [-0.1, -0.05) is 6.07 Å². The molecular weight excluding hydrogens is 339 g/mol.